The average Bonchev–Trinajstić information content (AvgIpc) is 2.63. The zero-order valence-electron chi connectivity index (χ0n) is 15.5. The number of pyridine rings is 1. The summed E-state index contributed by atoms with van der Waals surface area (Å²) in [5, 5.41) is 6.54. The molecule has 1 aromatic heterocycles. The van der Waals surface area contributed by atoms with Crippen LogP contribution in [0.4, 0.5) is 5.69 Å². The monoisotopic (exact) mass is 470 g/mol. The predicted octanol–water partition coefficient (Wildman–Crippen LogP) is 3.73. The molecule has 0 radical (unpaired) electrons. The Morgan fingerprint density at radius 1 is 1.15 bits per heavy atom. The van der Waals surface area contributed by atoms with Gasteiger partial charge in [-0.05, 0) is 38.1 Å². The molecule has 0 bridgehead atoms. The van der Waals surface area contributed by atoms with E-state index in [1.165, 1.54) is 0 Å². The Balaban J connectivity index is 0.00000338. The van der Waals surface area contributed by atoms with Gasteiger partial charge in [-0.3, -0.25) is 9.98 Å². The van der Waals surface area contributed by atoms with Crippen LogP contribution in [0, 0.1) is 0 Å². The number of anilines is 1. The number of hydrogen-bond donors (Lipinski definition) is 2. The molecule has 0 aliphatic rings. The highest BCUT2D eigenvalue weighted by Gasteiger charge is 2.07. The Kier molecular flexibility index (Phi) is 10.5. The van der Waals surface area contributed by atoms with E-state index in [1.54, 1.807) is 13.3 Å². The van der Waals surface area contributed by atoms with Crippen molar-refractivity contribution in [2.45, 2.75) is 20.3 Å². The minimum absolute atomic E-state index is 0. The maximum Gasteiger partial charge on any atom is 0.195 e. The lowest BCUT2D eigenvalue weighted by Gasteiger charge is -2.14. The Labute approximate surface area is 172 Å². The number of nitrogens with zero attached hydrogens (tertiary/aromatic N) is 2. The largest absolute Gasteiger partial charge is 0.493 e. The van der Waals surface area contributed by atoms with Crippen LogP contribution in [0.5, 0.6) is 11.5 Å². The lowest BCUT2D eigenvalue weighted by Crippen LogP contribution is -2.31. The highest BCUT2D eigenvalue weighted by Crippen LogP contribution is 2.30. The molecule has 6 nitrogen and oxygen atoms in total. The topological polar surface area (TPSA) is 67.8 Å². The number of aliphatic imine (C=N–C) groups is 1. The highest BCUT2D eigenvalue weighted by molar-refractivity contribution is 14.0. The second-order valence-corrected chi connectivity index (χ2v) is 5.26. The van der Waals surface area contributed by atoms with Crippen molar-refractivity contribution >= 4 is 35.6 Å². The molecule has 0 aliphatic carbocycles. The lowest BCUT2D eigenvalue weighted by molar-refractivity contribution is 0.311. The van der Waals surface area contributed by atoms with Gasteiger partial charge in [0.2, 0.25) is 0 Å². The van der Waals surface area contributed by atoms with Gasteiger partial charge in [-0.25, -0.2) is 0 Å². The molecule has 0 saturated heterocycles. The Morgan fingerprint density at radius 2 is 2.00 bits per heavy atom. The summed E-state index contributed by atoms with van der Waals surface area (Å²) in [4.78, 5) is 8.92. The van der Waals surface area contributed by atoms with Crippen molar-refractivity contribution in [3.8, 4) is 11.5 Å². The zero-order chi connectivity index (χ0) is 17.9. The third-order valence-electron chi connectivity index (χ3n) is 3.43. The quantitative estimate of drug-likeness (QED) is 0.350. The number of hydrogen-bond acceptors (Lipinski definition) is 4. The molecule has 0 saturated carbocycles. The number of aromatic nitrogens is 1. The van der Waals surface area contributed by atoms with E-state index < -0.39 is 0 Å². The summed E-state index contributed by atoms with van der Waals surface area (Å²) in [6.45, 7) is 6.00. The van der Waals surface area contributed by atoms with Gasteiger partial charge in [0.15, 0.2) is 17.5 Å². The molecule has 26 heavy (non-hydrogen) atoms. The van der Waals surface area contributed by atoms with Gasteiger partial charge in [-0.15, -0.1) is 24.0 Å². The molecule has 2 aromatic rings. The fourth-order valence-electron chi connectivity index (χ4n) is 2.29. The number of ether oxygens (including phenoxy) is 2. The second-order valence-electron chi connectivity index (χ2n) is 5.26. The molecule has 0 atom stereocenters. The number of rotatable bonds is 8. The number of halogens is 1. The van der Waals surface area contributed by atoms with E-state index in [0.717, 1.165) is 30.3 Å². The standard InChI is InChI=1S/C19H26N4O2.HI/c1-4-20-19(22-13-11-15-8-6-7-12-21-15)23-16-9-10-17(24-3)18(14-16)25-5-2;/h6-10,12,14H,4-5,11,13H2,1-3H3,(H2,20,22,23);1H. The van der Waals surface area contributed by atoms with E-state index in [9.17, 15) is 0 Å². The molecular weight excluding hydrogens is 443 g/mol. The van der Waals surface area contributed by atoms with E-state index in [0.29, 0.717) is 24.7 Å². The third kappa shape index (κ3) is 7.07. The number of nitrogens with one attached hydrogen (secondary N) is 2. The number of guanidine groups is 1. The fraction of sp³-hybridized carbons (Fsp3) is 0.368. The summed E-state index contributed by atoms with van der Waals surface area (Å²) in [6.07, 6.45) is 2.60. The summed E-state index contributed by atoms with van der Waals surface area (Å²) >= 11 is 0. The van der Waals surface area contributed by atoms with Crippen LogP contribution in [0.25, 0.3) is 0 Å². The van der Waals surface area contributed by atoms with Crippen LogP contribution < -0.4 is 20.1 Å². The van der Waals surface area contributed by atoms with Crippen molar-refractivity contribution in [1.29, 1.82) is 0 Å². The molecule has 2 N–H and O–H groups in total. The van der Waals surface area contributed by atoms with Gasteiger partial charge >= 0.3 is 0 Å². The normalized spacial score (nSPS) is 10.7. The first-order valence-corrected chi connectivity index (χ1v) is 8.52. The average molecular weight is 470 g/mol. The van der Waals surface area contributed by atoms with Crippen molar-refractivity contribution < 1.29 is 9.47 Å². The molecule has 2 rings (SSSR count). The van der Waals surface area contributed by atoms with Crippen LogP contribution in [0.2, 0.25) is 0 Å². The van der Waals surface area contributed by atoms with Crippen molar-refractivity contribution in [3.05, 3.63) is 48.3 Å². The van der Waals surface area contributed by atoms with Crippen LogP contribution >= 0.6 is 24.0 Å². The van der Waals surface area contributed by atoms with Crippen molar-refractivity contribution in [2.24, 2.45) is 4.99 Å². The maximum absolute atomic E-state index is 5.62. The van der Waals surface area contributed by atoms with E-state index in [-0.39, 0.29) is 24.0 Å². The third-order valence-corrected chi connectivity index (χ3v) is 3.43. The van der Waals surface area contributed by atoms with Crippen LogP contribution in [0.1, 0.15) is 19.5 Å². The van der Waals surface area contributed by atoms with E-state index in [1.807, 2.05) is 50.2 Å². The number of benzene rings is 1. The first-order valence-electron chi connectivity index (χ1n) is 8.52. The molecule has 0 aliphatic heterocycles. The van der Waals surface area contributed by atoms with Crippen LogP contribution in [-0.4, -0.2) is 37.7 Å². The van der Waals surface area contributed by atoms with Crippen LogP contribution in [0.15, 0.2) is 47.6 Å². The molecule has 1 heterocycles. The Bertz CT molecular complexity index is 680. The van der Waals surface area contributed by atoms with Gasteiger partial charge in [0, 0.05) is 43.2 Å². The van der Waals surface area contributed by atoms with Gasteiger partial charge in [-0.2, -0.15) is 0 Å². The molecular formula is C19H27IN4O2. The minimum atomic E-state index is 0. The smallest absolute Gasteiger partial charge is 0.195 e. The van der Waals surface area contributed by atoms with Gasteiger partial charge in [-0.1, -0.05) is 6.07 Å². The maximum atomic E-state index is 5.62. The molecule has 0 fully saturated rings. The van der Waals surface area contributed by atoms with Gasteiger partial charge < -0.3 is 20.1 Å². The summed E-state index contributed by atoms with van der Waals surface area (Å²) in [7, 11) is 1.63. The second kappa shape index (κ2) is 12.3. The predicted molar refractivity (Wildman–Crippen MR) is 117 cm³/mol. The summed E-state index contributed by atoms with van der Waals surface area (Å²) < 4.78 is 10.9. The fourth-order valence-corrected chi connectivity index (χ4v) is 2.29. The molecule has 0 amide bonds. The summed E-state index contributed by atoms with van der Waals surface area (Å²) in [6, 6.07) is 11.6. The van der Waals surface area contributed by atoms with Crippen molar-refractivity contribution in [3.63, 3.8) is 0 Å². The van der Waals surface area contributed by atoms with Crippen molar-refractivity contribution in [2.75, 3.05) is 32.1 Å². The van der Waals surface area contributed by atoms with Crippen molar-refractivity contribution in [1.82, 2.24) is 10.3 Å². The van der Waals surface area contributed by atoms with Gasteiger partial charge in [0.1, 0.15) is 0 Å². The Hall–Kier alpha value is -2.03. The highest BCUT2D eigenvalue weighted by atomic mass is 127. The summed E-state index contributed by atoms with van der Waals surface area (Å²) in [5.74, 6) is 2.15. The van der Waals surface area contributed by atoms with E-state index >= 15 is 0 Å². The minimum Gasteiger partial charge on any atom is -0.493 e. The Morgan fingerprint density at radius 3 is 2.65 bits per heavy atom. The van der Waals surface area contributed by atoms with Crippen LogP contribution in [-0.2, 0) is 6.42 Å². The molecule has 0 unspecified atom stereocenters. The van der Waals surface area contributed by atoms with Gasteiger partial charge in [0.05, 0.1) is 13.7 Å². The lowest BCUT2D eigenvalue weighted by atomic mass is 10.2. The molecule has 0 spiro atoms. The SMILES string of the molecule is CCNC(=NCCc1ccccn1)Nc1ccc(OC)c(OCC)c1.I. The zero-order valence-corrected chi connectivity index (χ0v) is 17.8. The first-order chi connectivity index (χ1) is 12.3. The van der Waals surface area contributed by atoms with E-state index in [4.69, 9.17) is 9.47 Å². The van der Waals surface area contributed by atoms with E-state index in [2.05, 4.69) is 20.6 Å². The molecule has 1 aromatic carbocycles. The first kappa shape index (κ1) is 22.0. The van der Waals surface area contributed by atoms with Gasteiger partial charge in [0.25, 0.3) is 0 Å². The molecule has 7 heteroatoms. The number of methoxy groups -OCH3 is 1. The summed E-state index contributed by atoms with van der Waals surface area (Å²) in [5.41, 5.74) is 1.92. The molecule has 142 valence electrons. The van der Waals surface area contributed by atoms with Crippen LogP contribution in [0.3, 0.4) is 0 Å².